The molecule has 76 valence electrons. The van der Waals surface area contributed by atoms with Gasteiger partial charge in [-0.2, -0.15) is 0 Å². The summed E-state index contributed by atoms with van der Waals surface area (Å²) in [7, 11) is 0. The summed E-state index contributed by atoms with van der Waals surface area (Å²) in [4.78, 5) is 0. The highest BCUT2D eigenvalue weighted by atomic mass is 35.5. The number of hydrogen-bond acceptors (Lipinski definition) is 2. The minimum atomic E-state index is 0.683. The van der Waals surface area contributed by atoms with E-state index in [2.05, 4.69) is 22.8 Å². The summed E-state index contributed by atoms with van der Waals surface area (Å²) in [6.07, 6.45) is 1.30. The standard InChI is InChI=1S/C11H15ClN2/c12-10-3-1-9(2-4-10)7-13-8-11-5-6-14-11/h1-4,11,13-14H,5-8H2/t11-/m0/s1. The lowest BCUT2D eigenvalue weighted by atomic mass is 10.1. The fourth-order valence-electron chi connectivity index (χ4n) is 1.52. The van der Waals surface area contributed by atoms with E-state index in [-0.39, 0.29) is 0 Å². The van der Waals surface area contributed by atoms with Crippen LogP contribution in [0, 0.1) is 0 Å². The lowest BCUT2D eigenvalue weighted by molar-refractivity contribution is 0.353. The first kappa shape index (κ1) is 9.97. The summed E-state index contributed by atoms with van der Waals surface area (Å²) in [5, 5.41) is 7.58. The van der Waals surface area contributed by atoms with E-state index in [4.69, 9.17) is 11.6 Å². The van der Waals surface area contributed by atoms with Gasteiger partial charge in [-0.1, -0.05) is 23.7 Å². The van der Waals surface area contributed by atoms with Crippen LogP contribution in [0.25, 0.3) is 0 Å². The molecule has 1 aromatic rings. The maximum atomic E-state index is 5.80. The molecule has 1 fully saturated rings. The van der Waals surface area contributed by atoms with Gasteiger partial charge in [0.1, 0.15) is 0 Å². The van der Waals surface area contributed by atoms with E-state index in [1.165, 1.54) is 18.5 Å². The minimum absolute atomic E-state index is 0.683. The first-order valence-electron chi connectivity index (χ1n) is 5.03. The second-order valence-electron chi connectivity index (χ2n) is 3.70. The number of rotatable bonds is 4. The first-order chi connectivity index (χ1) is 6.84. The Hall–Kier alpha value is -0.570. The molecule has 1 aliphatic heterocycles. The monoisotopic (exact) mass is 210 g/mol. The Morgan fingerprint density at radius 2 is 2.07 bits per heavy atom. The topological polar surface area (TPSA) is 24.1 Å². The van der Waals surface area contributed by atoms with Gasteiger partial charge in [0, 0.05) is 24.2 Å². The first-order valence-corrected chi connectivity index (χ1v) is 5.41. The lowest BCUT2D eigenvalue weighted by Crippen LogP contribution is -2.48. The Kier molecular flexibility index (Phi) is 3.40. The van der Waals surface area contributed by atoms with Crippen LogP contribution >= 0.6 is 11.6 Å². The fraction of sp³-hybridized carbons (Fsp3) is 0.455. The smallest absolute Gasteiger partial charge is 0.0406 e. The summed E-state index contributed by atoms with van der Waals surface area (Å²) < 4.78 is 0. The Bertz CT molecular complexity index is 280. The predicted molar refractivity (Wildman–Crippen MR) is 59.6 cm³/mol. The van der Waals surface area contributed by atoms with E-state index in [0.717, 1.165) is 18.1 Å². The van der Waals surface area contributed by atoms with Crippen molar-refractivity contribution in [2.24, 2.45) is 0 Å². The third-order valence-electron chi connectivity index (χ3n) is 2.56. The molecule has 0 amide bonds. The zero-order valence-corrected chi connectivity index (χ0v) is 8.85. The van der Waals surface area contributed by atoms with Crippen molar-refractivity contribution in [3.8, 4) is 0 Å². The normalized spacial score (nSPS) is 20.5. The van der Waals surface area contributed by atoms with E-state index in [1.807, 2.05) is 12.1 Å². The van der Waals surface area contributed by atoms with E-state index in [0.29, 0.717) is 6.04 Å². The molecular weight excluding hydrogens is 196 g/mol. The van der Waals surface area contributed by atoms with E-state index in [9.17, 15) is 0 Å². The minimum Gasteiger partial charge on any atom is -0.313 e. The van der Waals surface area contributed by atoms with Crippen molar-refractivity contribution in [1.29, 1.82) is 0 Å². The van der Waals surface area contributed by atoms with Gasteiger partial charge in [-0.05, 0) is 30.7 Å². The molecule has 2 N–H and O–H groups in total. The molecule has 2 rings (SSSR count). The number of benzene rings is 1. The van der Waals surface area contributed by atoms with Crippen LogP contribution in [-0.4, -0.2) is 19.1 Å². The van der Waals surface area contributed by atoms with Crippen LogP contribution in [0.3, 0.4) is 0 Å². The molecule has 0 radical (unpaired) electrons. The molecule has 2 nitrogen and oxygen atoms in total. The molecule has 1 aliphatic rings. The van der Waals surface area contributed by atoms with Gasteiger partial charge in [-0.25, -0.2) is 0 Å². The molecule has 14 heavy (non-hydrogen) atoms. The van der Waals surface area contributed by atoms with Crippen LogP contribution in [-0.2, 0) is 6.54 Å². The van der Waals surface area contributed by atoms with Gasteiger partial charge >= 0.3 is 0 Å². The summed E-state index contributed by atoms with van der Waals surface area (Å²) in [6, 6.07) is 8.66. The maximum Gasteiger partial charge on any atom is 0.0406 e. The molecule has 0 aromatic heterocycles. The van der Waals surface area contributed by atoms with Crippen molar-refractivity contribution in [2.75, 3.05) is 13.1 Å². The molecule has 0 unspecified atom stereocenters. The molecule has 0 spiro atoms. The zero-order chi connectivity index (χ0) is 9.80. The third kappa shape index (κ3) is 2.71. The van der Waals surface area contributed by atoms with Crippen molar-refractivity contribution in [2.45, 2.75) is 19.0 Å². The van der Waals surface area contributed by atoms with E-state index >= 15 is 0 Å². The summed E-state index contributed by atoms with van der Waals surface area (Å²) in [5.74, 6) is 0. The number of nitrogens with one attached hydrogen (secondary N) is 2. The molecule has 0 bridgehead atoms. The molecule has 1 atom stereocenters. The molecule has 1 heterocycles. The summed E-state index contributed by atoms with van der Waals surface area (Å²) in [5.41, 5.74) is 1.29. The van der Waals surface area contributed by atoms with Crippen molar-refractivity contribution >= 4 is 11.6 Å². The fourth-order valence-corrected chi connectivity index (χ4v) is 1.64. The van der Waals surface area contributed by atoms with Crippen LogP contribution in [0.4, 0.5) is 0 Å². The molecular formula is C11H15ClN2. The zero-order valence-electron chi connectivity index (χ0n) is 8.09. The SMILES string of the molecule is Clc1ccc(CNC[C@@H]2CCN2)cc1. The van der Waals surface area contributed by atoms with Gasteiger partial charge in [0.15, 0.2) is 0 Å². The summed E-state index contributed by atoms with van der Waals surface area (Å²) >= 11 is 5.80. The van der Waals surface area contributed by atoms with Gasteiger partial charge in [0.25, 0.3) is 0 Å². The highest BCUT2D eigenvalue weighted by molar-refractivity contribution is 6.30. The Morgan fingerprint density at radius 1 is 1.36 bits per heavy atom. The van der Waals surface area contributed by atoms with Crippen molar-refractivity contribution in [1.82, 2.24) is 10.6 Å². The predicted octanol–water partition coefficient (Wildman–Crippen LogP) is 1.79. The second kappa shape index (κ2) is 4.78. The van der Waals surface area contributed by atoms with Crippen LogP contribution in [0.15, 0.2) is 24.3 Å². The van der Waals surface area contributed by atoms with Crippen LogP contribution < -0.4 is 10.6 Å². The van der Waals surface area contributed by atoms with Crippen molar-refractivity contribution in [3.63, 3.8) is 0 Å². The van der Waals surface area contributed by atoms with Crippen LogP contribution in [0.5, 0.6) is 0 Å². The van der Waals surface area contributed by atoms with Gasteiger partial charge in [-0.15, -0.1) is 0 Å². The Morgan fingerprint density at radius 3 is 2.64 bits per heavy atom. The van der Waals surface area contributed by atoms with Crippen LogP contribution in [0.1, 0.15) is 12.0 Å². The Balaban J connectivity index is 1.71. The highest BCUT2D eigenvalue weighted by Gasteiger charge is 2.14. The molecule has 0 saturated carbocycles. The van der Waals surface area contributed by atoms with Gasteiger partial charge in [0.2, 0.25) is 0 Å². The van der Waals surface area contributed by atoms with Crippen molar-refractivity contribution in [3.05, 3.63) is 34.9 Å². The second-order valence-corrected chi connectivity index (χ2v) is 4.13. The van der Waals surface area contributed by atoms with Gasteiger partial charge < -0.3 is 10.6 Å². The lowest BCUT2D eigenvalue weighted by Gasteiger charge is -2.27. The number of hydrogen-bond donors (Lipinski definition) is 2. The average molecular weight is 211 g/mol. The molecule has 1 aromatic carbocycles. The number of halogens is 1. The maximum absolute atomic E-state index is 5.80. The Labute approximate surface area is 89.7 Å². The molecule has 0 aliphatic carbocycles. The molecule has 1 saturated heterocycles. The third-order valence-corrected chi connectivity index (χ3v) is 2.81. The quantitative estimate of drug-likeness (QED) is 0.792. The average Bonchev–Trinajstić information content (AvgIpc) is 2.12. The van der Waals surface area contributed by atoms with Crippen molar-refractivity contribution < 1.29 is 0 Å². The highest BCUT2D eigenvalue weighted by Crippen LogP contribution is 2.09. The van der Waals surface area contributed by atoms with E-state index in [1.54, 1.807) is 0 Å². The largest absolute Gasteiger partial charge is 0.313 e. The summed E-state index contributed by atoms with van der Waals surface area (Å²) in [6.45, 7) is 3.16. The molecule has 3 heteroatoms. The van der Waals surface area contributed by atoms with Gasteiger partial charge in [0.05, 0.1) is 0 Å². The van der Waals surface area contributed by atoms with Gasteiger partial charge in [-0.3, -0.25) is 0 Å². The van der Waals surface area contributed by atoms with E-state index < -0.39 is 0 Å². The van der Waals surface area contributed by atoms with Crippen LogP contribution in [0.2, 0.25) is 5.02 Å².